The minimum Gasteiger partial charge on any atom is -0.496 e. The van der Waals surface area contributed by atoms with Gasteiger partial charge < -0.3 is 24.3 Å². The highest BCUT2D eigenvalue weighted by atomic mass is 16.5. The van der Waals surface area contributed by atoms with Gasteiger partial charge in [-0.15, -0.1) is 0 Å². The molecule has 7 heteroatoms. The van der Waals surface area contributed by atoms with Crippen LogP contribution < -0.4 is 14.8 Å². The molecule has 33 heavy (non-hydrogen) atoms. The van der Waals surface area contributed by atoms with Crippen molar-refractivity contribution in [3.05, 3.63) is 53.1 Å². The SMILES string of the molecule is COC(=O)CCC(=O)Nc1cccc(C2OC3CCCCC3c3c(OC)ccc(OC)c32)c1. The number of fused-ring (bicyclic) bond motifs is 3. The lowest BCUT2D eigenvalue weighted by atomic mass is 9.75. The lowest BCUT2D eigenvalue weighted by molar-refractivity contribution is -0.141. The van der Waals surface area contributed by atoms with Gasteiger partial charge in [0.15, 0.2) is 0 Å². The first-order chi connectivity index (χ1) is 16.0. The maximum absolute atomic E-state index is 12.3. The van der Waals surface area contributed by atoms with E-state index in [9.17, 15) is 9.59 Å². The normalized spacial score (nSPS) is 21.4. The van der Waals surface area contributed by atoms with Crippen LogP contribution in [0.2, 0.25) is 0 Å². The highest BCUT2D eigenvalue weighted by Gasteiger charge is 2.41. The van der Waals surface area contributed by atoms with E-state index in [0.29, 0.717) is 5.69 Å². The topological polar surface area (TPSA) is 83.1 Å². The van der Waals surface area contributed by atoms with Gasteiger partial charge in [0.1, 0.15) is 17.6 Å². The molecule has 1 saturated carbocycles. The lowest BCUT2D eigenvalue weighted by Gasteiger charge is -2.42. The molecular weight excluding hydrogens is 422 g/mol. The average Bonchev–Trinajstić information content (AvgIpc) is 2.86. The Hall–Kier alpha value is -3.06. The Morgan fingerprint density at radius 3 is 2.42 bits per heavy atom. The summed E-state index contributed by atoms with van der Waals surface area (Å²) in [6.45, 7) is 0. The molecule has 176 valence electrons. The third-order valence-corrected chi connectivity index (χ3v) is 6.55. The predicted molar refractivity (Wildman–Crippen MR) is 124 cm³/mol. The molecule has 2 aromatic carbocycles. The molecular formula is C26H31NO6. The summed E-state index contributed by atoms with van der Waals surface area (Å²) in [6.07, 6.45) is 4.26. The van der Waals surface area contributed by atoms with Gasteiger partial charge in [-0.25, -0.2) is 0 Å². The minimum absolute atomic E-state index is 0.0429. The van der Waals surface area contributed by atoms with Crippen LogP contribution in [0.1, 0.15) is 67.2 Å². The molecule has 0 bridgehead atoms. The van der Waals surface area contributed by atoms with Crippen LogP contribution in [-0.2, 0) is 19.1 Å². The number of ether oxygens (including phenoxy) is 4. The standard InChI is InChI=1S/C26H31NO6/c1-30-20-11-12-21(31-2)25-24(20)18-9-4-5-10-19(18)33-26(25)16-7-6-8-17(15-16)27-22(28)13-14-23(29)32-3/h6-8,11-12,15,18-19,26H,4-5,9-10,13-14H2,1-3H3,(H,27,28). The van der Waals surface area contributed by atoms with Crippen LogP contribution in [0.3, 0.4) is 0 Å². The number of carbonyl (C=O) groups is 2. The number of benzene rings is 2. The van der Waals surface area contributed by atoms with E-state index < -0.39 is 5.97 Å². The molecule has 1 fully saturated rings. The predicted octanol–water partition coefficient (Wildman–Crippen LogP) is 4.74. The summed E-state index contributed by atoms with van der Waals surface area (Å²) in [5.41, 5.74) is 3.75. The summed E-state index contributed by atoms with van der Waals surface area (Å²) in [7, 11) is 4.69. The number of rotatable bonds is 7. The molecule has 7 nitrogen and oxygen atoms in total. The Morgan fingerprint density at radius 1 is 0.970 bits per heavy atom. The Morgan fingerprint density at radius 2 is 1.70 bits per heavy atom. The van der Waals surface area contributed by atoms with Gasteiger partial charge in [0.25, 0.3) is 0 Å². The zero-order valence-electron chi connectivity index (χ0n) is 19.4. The number of nitrogens with one attached hydrogen (secondary N) is 1. The molecule has 1 amide bonds. The quantitative estimate of drug-likeness (QED) is 0.610. The lowest BCUT2D eigenvalue weighted by Crippen LogP contribution is -2.34. The molecule has 4 rings (SSSR count). The number of amides is 1. The third-order valence-electron chi connectivity index (χ3n) is 6.55. The molecule has 1 aliphatic carbocycles. The molecule has 0 aromatic heterocycles. The molecule has 1 heterocycles. The molecule has 3 unspecified atom stereocenters. The van der Waals surface area contributed by atoms with Gasteiger partial charge in [-0.1, -0.05) is 25.0 Å². The van der Waals surface area contributed by atoms with Crippen molar-refractivity contribution in [2.45, 2.75) is 56.7 Å². The first kappa shape index (κ1) is 23.1. The molecule has 0 saturated heterocycles. The van der Waals surface area contributed by atoms with E-state index in [1.165, 1.54) is 19.1 Å². The number of esters is 1. The van der Waals surface area contributed by atoms with Gasteiger partial charge in [-0.3, -0.25) is 9.59 Å². The van der Waals surface area contributed by atoms with Crippen LogP contribution >= 0.6 is 0 Å². The Labute approximate surface area is 194 Å². The van der Waals surface area contributed by atoms with Crippen LogP contribution in [0.4, 0.5) is 5.69 Å². The Kier molecular flexibility index (Phi) is 7.18. The van der Waals surface area contributed by atoms with Gasteiger partial charge in [0.2, 0.25) is 5.91 Å². The average molecular weight is 454 g/mol. The summed E-state index contributed by atoms with van der Waals surface area (Å²) >= 11 is 0. The van der Waals surface area contributed by atoms with E-state index in [1.807, 2.05) is 36.4 Å². The summed E-state index contributed by atoms with van der Waals surface area (Å²) < 4.78 is 22.8. The fraction of sp³-hybridized carbons (Fsp3) is 0.462. The highest BCUT2D eigenvalue weighted by molar-refractivity contribution is 5.92. The molecule has 2 aromatic rings. The summed E-state index contributed by atoms with van der Waals surface area (Å²) in [4.78, 5) is 23.6. The van der Waals surface area contributed by atoms with Crippen molar-refractivity contribution in [3.63, 3.8) is 0 Å². The van der Waals surface area contributed by atoms with E-state index in [4.69, 9.17) is 14.2 Å². The van der Waals surface area contributed by atoms with Crippen molar-refractivity contribution in [2.75, 3.05) is 26.6 Å². The van der Waals surface area contributed by atoms with Crippen molar-refractivity contribution in [2.24, 2.45) is 0 Å². The highest BCUT2D eigenvalue weighted by Crippen LogP contribution is 2.52. The first-order valence-electron chi connectivity index (χ1n) is 11.4. The van der Waals surface area contributed by atoms with Gasteiger partial charge in [0.05, 0.1) is 33.9 Å². The number of methoxy groups -OCH3 is 3. The molecule has 1 aliphatic heterocycles. The summed E-state index contributed by atoms with van der Waals surface area (Å²) in [6, 6.07) is 11.6. The minimum atomic E-state index is -0.408. The third kappa shape index (κ3) is 4.83. The Bertz CT molecular complexity index is 1020. The van der Waals surface area contributed by atoms with Crippen LogP contribution in [0.15, 0.2) is 36.4 Å². The molecule has 1 N–H and O–H groups in total. The van der Waals surface area contributed by atoms with Gasteiger partial charge >= 0.3 is 5.97 Å². The summed E-state index contributed by atoms with van der Waals surface area (Å²) in [5.74, 6) is 1.26. The fourth-order valence-electron chi connectivity index (χ4n) is 5.00. The van der Waals surface area contributed by atoms with Crippen LogP contribution in [0, 0.1) is 0 Å². The molecule has 0 spiro atoms. The fourth-order valence-corrected chi connectivity index (χ4v) is 5.00. The Balaban J connectivity index is 1.67. The van der Waals surface area contributed by atoms with Crippen molar-refractivity contribution < 1.29 is 28.5 Å². The maximum atomic E-state index is 12.3. The van der Waals surface area contributed by atoms with Crippen molar-refractivity contribution in [3.8, 4) is 11.5 Å². The number of carbonyl (C=O) groups excluding carboxylic acids is 2. The van der Waals surface area contributed by atoms with Crippen molar-refractivity contribution in [1.82, 2.24) is 0 Å². The second kappa shape index (κ2) is 10.3. The number of anilines is 1. The van der Waals surface area contributed by atoms with Gasteiger partial charge in [0, 0.05) is 29.2 Å². The van der Waals surface area contributed by atoms with E-state index in [1.54, 1.807) is 14.2 Å². The van der Waals surface area contributed by atoms with Crippen molar-refractivity contribution >= 4 is 17.6 Å². The monoisotopic (exact) mass is 453 g/mol. The van der Waals surface area contributed by atoms with E-state index >= 15 is 0 Å². The van der Waals surface area contributed by atoms with Crippen LogP contribution in [0.25, 0.3) is 0 Å². The zero-order chi connectivity index (χ0) is 23.4. The number of hydrogen-bond acceptors (Lipinski definition) is 6. The van der Waals surface area contributed by atoms with Gasteiger partial charge in [-0.2, -0.15) is 0 Å². The van der Waals surface area contributed by atoms with Crippen molar-refractivity contribution in [1.29, 1.82) is 0 Å². The molecule has 3 atom stereocenters. The van der Waals surface area contributed by atoms with E-state index in [2.05, 4.69) is 10.1 Å². The van der Waals surface area contributed by atoms with Crippen LogP contribution in [0.5, 0.6) is 11.5 Å². The van der Waals surface area contributed by atoms with Gasteiger partial charge in [-0.05, 0) is 42.7 Å². The first-order valence-corrected chi connectivity index (χ1v) is 11.4. The molecule has 2 aliphatic rings. The maximum Gasteiger partial charge on any atom is 0.306 e. The van der Waals surface area contributed by atoms with Crippen LogP contribution in [-0.4, -0.2) is 39.3 Å². The second-order valence-electron chi connectivity index (χ2n) is 8.49. The second-order valence-corrected chi connectivity index (χ2v) is 8.49. The molecule has 0 radical (unpaired) electrons. The van der Waals surface area contributed by atoms with E-state index in [-0.39, 0.29) is 36.9 Å². The van der Waals surface area contributed by atoms with E-state index in [0.717, 1.165) is 41.9 Å². The smallest absolute Gasteiger partial charge is 0.306 e. The number of hydrogen-bond donors (Lipinski definition) is 1. The zero-order valence-corrected chi connectivity index (χ0v) is 19.4. The largest absolute Gasteiger partial charge is 0.496 e. The summed E-state index contributed by atoms with van der Waals surface area (Å²) in [5, 5.41) is 2.87.